The van der Waals surface area contributed by atoms with E-state index in [0.717, 1.165) is 6.42 Å². The zero-order valence-electron chi connectivity index (χ0n) is 7.46. The Morgan fingerprint density at radius 3 is 2.73 bits per heavy atom. The predicted octanol–water partition coefficient (Wildman–Crippen LogP) is 2.15. The van der Waals surface area contributed by atoms with Gasteiger partial charge in [-0.1, -0.05) is 19.1 Å². The molecule has 2 heteroatoms. The molecule has 0 bridgehead atoms. The summed E-state index contributed by atoms with van der Waals surface area (Å²) >= 11 is 0. The van der Waals surface area contributed by atoms with Gasteiger partial charge in [0.25, 0.3) is 0 Å². The summed E-state index contributed by atoms with van der Waals surface area (Å²) in [6, 6.07) is 0. The highest BCUT2D eigenvalue weighted by Gasteiger charge is 1.97. The molecule has 0 aliphatic heterocycles. The van der Waals surface area contributed by atoms with E-state index in [1.165, 1.54) is 6.92 Å². The third-order valence-electron chi connectivity index (χ3n) is 1.40. The Labute approximate surface area is 68.2 Å². The highest BCUT2D eigenvalue weighted by atomic mass is 16.5. The van der Waals surface area contributed by atoms with Crippen LogP contribution in [0, 0.1) is 5.92 Å². The molecular formula is C9H16O2. The van der Waals surface area contributed by atoms with Crippen molar-refractivity contribution in [3.8, 4) is 0 Å². The molecule has 2 nitrogen and oxygen atoms in total. The van der Waals surface area contributed by atoms with Crippen LogP contribution in [0.3, 0.4) is 0 Å². The normalized spacial score (nSPS) is 13.4. The maximum Gasteiger partial charge on any atom is 0.302 e. The highest BCUT2D eigenvalue weighted by molar-refractivity contribution is 5.65. The maximum atomic E-state index is 10.3. The summed E-state index contributed by atoms with van der Waals surface area (Å²) in [4.78, 5) is 10.3. The fourth-order valence-corrected chi connectivity index (χ4v) is 0.813. The Bertz CT molecular complexity index is 138. The number of hydrogen-bond acceptors (Lipinski definition) is 2. The molecule has 0 aromatic heterocycles. The largest absolute Gasteiger partial charge is 0.466 e. The Kier molecular flexibility index (Phi) is 5.53. The van der Waals surface area contributed by atoms with Gasteiger partial charge in [-0.05, 0) is 19.3 Å². The molecule has 0 saturated carbocycles. The topological polar surface area (TPSA) is 26.3 Å². The molecule has 64 valence electrons. The minimum absolute atomic E-state index is 0.197. The van der Waals surface area contributed by atoms with Crippen molar-refractivity contribution in [2.24, 2.45) is 5.92 Å². The first kappa shape index (κ1) is 10.2. The van der Waals surface area contributed by atoms with Crippen molar-refractivity contribution >= 4 is 5.97 Å². The minimum Gasteiger partial charge on any atom is -0.466 e. The average molecular weight is 156 g/mol. The Hall–Kier alpha value is -0.790. The van der Waals surface area contributed by atoms with Gasteiger partial charge in [0.15, 0.2) is 0 Å². The molecule has 0 heterocycles. The highest BCUT2D eigenvalue weighted by Crippen LogP contribution is 2.03. The number of allylic oxidation sites excluding steroid dienone is 2. The van der Waals surface area contributed by atoms with E-state index in [0.29, 0.717) is 12.5 Å². The second kappa shape index (κ2) is 5.96. The van der Waals surface area contributed by atoms with Gasteiger partial charge in [0.1, 0.15) is 0 Å². The third-order valence-corrected chi connectivity index (χ3v) is 1.40. The lowest BCUT2D eigenvalue weighted by molar-refractivity contribution is -0.141. The summed E-state index contributed by atoms with van der Waals surface area (Å²) in [5.74, 6) is 0.303. The Morgan fingerprint density at radius 2 is 2.27 bits per heavy atom. The van der Waals surface area contributed by atoms with Gasteiger partial charge in [-0.25, -0.2) is 0 Å². The van der Waals surface area contributed by atoms with Gasteiger partial charge in [0.2, 0.25) is 0 Å². The van der Waals surface area contributed by atoms with Crippen molar-refractivity contribution in [3.05, 3.63) is 12.2 Å². The van der Waals surface area contributed by atoms with Crippen LogP contribution in [-0.4, -0.2) is 12.6 Å². The van der Waals surface area contributed by atoms with E-state index in [1.807, 2.05) is 13.0 Å². The second-order valence-corrected chi connectivity index (χ2v) is 2.63. The van der Waals surface area contributed by atoms with E-state index in [1.54, 1.807) is 0 Å². The molecule has 0 fully saturated rings. The summed E-state index contributed by atoms with van der Waals surface area (Å²) in [5.41, 5.74) is 0. The summed E-state index contributed by atoms with van der Waals surface area (Å²) in [5, 5.41) is 0. The summed E-state index contributed by atoms with van der Waals surface area (Å²) in [6.07, 6.45) is 5.02. The van der Waals surface area contributed by atoms with Gasteiger partial charge < -0.3 is 4.74 Å². The van der Waals surface area contributed by atoms with E-state index < -0.39 is 0 Å². The molecule has 0 radical (unpaired) electrons. The van der Waals surface area contributed by atoms with Crippen LogP contribution in [0.2, 0.25) is 0 Å². The standard InChI is InChI=1S/C9H16O2/c1-4-5-8(2)6-7-11-9(3)10/h4-5,8H,6-7H2,1-3H3. The van der Waals surface area contributed by atoms with Crippen molar-refractivity contribution in [1.82, 2.24) is 0 Å². The fourth-order valence-electron chi connectivity index (χ4n) is 0.813. The van der Waals surface area contributed by atoms with Gasteiger partial charge in [0.05, 0.1) is 6.61 Å². The molecule has 0 amide bonds. The van der Waals surface area contributed by atoms with E-state index in [9.17, 15) is 4.79 Å². The van der Waals surface area contributed by atoms with Crippen LogP contribution >= 0.6 is 0 Å². The first-order valence-corrected chi connectivity index (χ1v) is 3.93. The zero-order chi connectivity index (χ0) is 8.69. The summed E-state index contributed by atoms with van der Waals surface area (Å²) in [6.45, 7) is 6.05. The number of hydrogen-bond donors (Lipinski definition) is 0. The number of carbonyl (C=O) groups is 1. The third kappa shape index (κ3) is 7.10. The number of carbonyl (C=O) groups excluding carboxylic acids is 1. The maximum absolute atomic E-state index is 10.3. The summed E-state index contributed by atoms with van der Waals surface area (Å²) < 4.78 is 4.79. The first-order valence-electron chi connectivity index (χ1n) is 3.93. The number of esters is 1. The molecule has 0 aromatic rings. The van der Waals surface area contributed by atoms with Gasteiger partial charge in [-0.2, -0.15) is 0 Å². The molecule has 0 spiro atoms. The van der Waals surface area contributed by atoms with Crippen LogP contribution in [-0.2, 0) is 9.53 Å². The lowest BCUT2D eigenvalue weighted by Crippen LogP contribution is -2.03. The van der Waals surface area contributed by atoms with Gasteiger partial charge in [0, 0.05) is 6.92 Å². The predicted molar refractivity (Wildman–Crippen MR) is 45.2 cm³/mol. The molecule has 0 aromatic carbocycles. The molecule has 0 aliphatic rings. The SMILES string of the molecule is CC=CC(C)CCOC(C)=O. The monoisotopic (exact) mass is 156 g/mol. The van der Waals surface area contributed by atoms with Crippen LogP contribution in [0.1, 0.15) is 27.2 Å². The Morgan fingerprint density at radius 1 is 1.64 bits per heavy atom. The van der Waals surface area contributed by atoms with Crippen molar-refractivity contribution in [1.29, 1.82) is 0 Å². The second-order valence-electron chi connectivity index (χ2n) is 2.63. The summed E-state index contributed by atoms with van der Waals surface area (Å²) in [7, 11) is 0. The average Bonchev–Trinajstić information content (AvgIpc) is 1.87. The zero-order valence-corrected chi connectivity index (χ0v) is 7.46. The van der Waals surface area contributed by atoms with Crippen LogP contribution in [0.15, 0.2) is 12.2 Å². The molecule has 0 aliphatic carbocycles. The molecule has 0 N–H and O–H groups in total. The first-order chi connectivity index (χ1) is 5.16. The quantitative estimate of drug-likeness (QED) is 0.460. The van der Waals surface area contributed by atoms with Crippen molar-refractivity contribution in [2.45, 2.75) is 27.2 Å². The van der Waals surface area contributed by atoms with Crippen molar-refractivity contribution in [3.63, 3.8) is 0 Å². The molecule has 1 atom stereocenters. The number of rotatable bonds is 4. The van der Waals surface area contributed by atoms with Crippen LogP contribution in [0.5, 0.6) is 0 Å². The number of ether oxygens (including phenoxy) is 1. The molecule has 1 unspecified atom stereocenters. The molecule has 0 saturated heterocycles. The lowest BCUT2D eigenvalue weighted by atomic mass is 10.1. The Balaban J connectivity index is 3.31. The minimum atomic E-state index is -0.197. The van der Waals surface area contributed by atoms with Gasteiger partial charge in [-0.3, -0.25) is 4.79 Å². The van der Waals surface area contributed by atoms with Gasteiger partial charge >= 0.3 is 5.97 Å². The van der Waals surface area contributed by atoms with E-state index in [2.05, 4.69) is 13.0 Å². The van der Waals surface area contributed by atoms with Crippen molar-refractivity contribution < 1.29 is 9.53 Å². The fraction of sp³-hybridized carbons (Fsp3) is 0.667. The molecule has 11 heavy (non-hydrogen) atoms. The van der Waals surface area contributed by atoms with E-state index in [-0.39, 0.29) is 5.97 Å². The van der Waals surface area contributed by atoms with Crippen LogP contribution < -0.4 is 0 Å². The van der Waals surface area contributed by atoms with E-state index in [4.69, 9.17) is 4.74 Å². The molecular weight excluding hydrogens is 140 g/mol. The molecule has 0 rings (SSSR count). The van der Waals surface area contributed by atoms with Crippen LogP contribution in [0.25, 0.3) is 0 Å². The lowest BCUT2D eigenvalue weighted by Gasteiger charge is -2.04. The smallest absolute Gasteiger partial charge is 0.302 e. The van der Waals surface area contributed by atoms with Crippen LogP contribution in [0.4, 0.5) is 0 Å². The van der Waals surface area contributed by atoms with E-state index >= 15 is 0 Å². The van der Waals surface area contributed by atoms with Crippen molar-refractivity contribution in [2.75, 3.05) is 6.61 Å². The van der Waals surface area contributed by atoms with Gasteiger partial charge in [-0.15, -0.1) is 0 Å².